The Morgan fingerprint density at radius 3 is 1.38 bits per heavy atom. The monoisotopic (exact) mass is 239 g/mol. The molecule has 0 radical (unpaired) electrons. The van der Waals surface area contributed by atoms with Crippen LogP contribution in [-0.4, -0.2) is 39.5 Å². The minimum atomic E-state index is -1.40. The Bertz CT molecular complexity index is 160. The van der Waals surface area contributed by atoms with Gasteiger partial charge in [-0.25, -0.2) is 4.79 Å². The summed E-state index contributed by atoms with van der Waals surface area (Å²) in [4.78, 5) is 19.2. The lowest BCUT2D eigenvalue weighted by atomic mass is 10.3. The van der Waals surface area contributed by atoms with Crippen molar-refractivity contribution in [2.45, 2.75) is 53.8 Å². The highest BCUT2D eigenvalue weighted by atomic mass is 16.4. The second-order valence-corrected chi connectivity index (χ2v) is 2.51. The molecule has 0 spiro atoms. The average molecular weight is 239 g/mol. The predicted octanol–water partition coefficient (Wildman–Crippen LogP) is -0.379. The summed E-state index contributed by atoms with van der Waals surface area (Å²) in [5.74, 6) is -2.55. The minimum Gasteiger partial charge on any atom is -0.547 e. The summed E-state index contributed by atoms with van der Waals surface area (Å²) in [7, 11) is 0. The van der Waals surface area contributed by atoms with Gasteiger partial charge < -0.3 is 25.2 Å². The van der Waals surface area contributed by atoms with Gasteiger partial charge >= 0.3 is 5.97 Å². The highest BCUT2D eigenvalue weighted by Crippen LogP contribution is 1.86. The van der Waals surface area contributed by atoms with Crippen molar-refractivity contribution in [3.63, 3.8) is 0 Å². The molecule has 100 valence electrons. The molecule has 0 aromatic heterocycles. The van der Waals surface area contributed by atoms with Crippen LogP contribution in [0.5, 0.6) is 0 Å². The fourth-order valence-corrected chi connectivity index (χ4v) is 0.341. The fraction of sp³-hybridized carbons (Fsp3) is 0.800. The quantitative estimate of drug-likeness (QED) is 0.615. The van der Waals surface area contributed by atoms with E-state index < -0.39 is 24.1 Å². The van der Waals surface area contributed by atoms with Crippen molar-refractivity contribution >= 4 is 11.9 Å². The molecule has 0 saturated carbocycles. The van der Waals surface area contributed by atoms with Gasteiger partial charge in [0.2, 0.25) is 0 Å². The number of carboxylic acid groups (broad SMARTS) is 2. The average Bonchev–Trinajstić information content (AvgIpc) is 2.15. The molecular formula is C10H23O6-. The largest absolute Gasteiger partial charge is 0.547 e. The van der Waals surface area contributed by atoms with Gasteiger partial charge in [0.1, 0.15) is 0 Å². The van der Waals surface area contributed by atoms with Gasteiger partial charge in [-0.05, 0) is 12.8 Å². The van der Waals surface area contributed by atoms with E-state index in [0.29, 0.717) is 0 Å². The molecule has 0 fully saturated rings. The standard InChI is InChI=1S/2C4H8O3.2CH4/c2*1-2-3(5)4(6)7;;/h2*3,5H,2H2,1H3,(H,6,7);2*1H4/p-1/t2*3-;;/m00../s1. The number of carbonyl (C=O) groups is 2. The van der Waals surface area contributed by atoms with Gasteiger partial charge in [-0.1, -0.05) is 28.7 Å². The third-order valence-corrected chi connectivity index (χ3v) is 1.33. The molecule has 0 amide bonds. The third-order valence-electron chi connectivity index (χ3n) is 1.33. The lowest BCUT2D eigenvalue weighted by Gasteiger charge is -2.05. The molecule has 0 aromatic carbocycles. The van der Waals surface area contributed by atoms with Gasteiger partial charge in [0, 0.05) is 0 Å². The number of carboxylic acids is 2. The molecule has 0 rings (SSSR count). The van der Waals surface area contributed by atoms with Crippen LogP contribution in [0.3, 0.4) is 0 Å². The number of hydrogen-bond donors (Lipinski definition) is 3. The Hall–Kier alpha value is -1.14. The number of hydrogen-bond acceptors (Lipinski definition) is 5. The number of aliphatic hydroxyl groups excluding tert-OH is 2. The van der Waals surface area contributed by atoms with Crippen LogP contribution in [-0.2, 0) is 9.59 Å². The fourth-order valence-electron chi connectivity index (χ4n) is 0.341. The Kier molecular flexibility index (Phi) is 21.0. The van der Waals surface area contributed by atoms with Crippen molar-refractivity contribution < 1.29 is 30.0 Å². The first kappa shape index (κ1) is 24.2. The van der Waals surface area contributed by atoms with Crippen molar-refractivity contribution in [1.82, 2.24) is 0 Å². The number of rotatable bonds is 4. The second-order valence-electron chi connectivity index (χ2n) is 2.51. The van der Waals surface area contributed by atoms with Crippen molar-refractivity contribution in [3.8, 4) is 0 Å². The molecule has 0 aliphatic rings. The van der Waals surface area contributed by atoms with Gasteiger partial charge in [0.05, 0.1) is 12.1 Å². The Morgan fingerprint density at radius 2 is 1.38 bits per heavy atom. The summed E-state index contributed by atoms with van der Waals surface area (Å²) in [5, 5.41) is 34.1. The molecule has 0 aliphatic heterocycles. The molecular weight excluding hydrogens is 216 g/mol. The topological polar surface area (TPSA) is 118 Å². The number of carbonyl (C=O) groups excluding carboxylic acids is 1. The second kappa shape index (κ2) is 13.9. The SMILES string of the molecule is C.C.CC[C@H](O)C(=O)O.CC[C@H](O)C(=O)[O-]. The minimum absolute atomic E-state index is 0. The van der Waals surface area contributed by atoms with E-state index in [2.05, 4.69) is 0 Å². The summed E-state index contributed by atoms with van der Waals surface area (Å²) in [5.41, 5.74) is 0. The van der Waals surface area contributed by atoms with Gasteiger partial charge in [-0.3, -0.25) is 0 Å². The summed E-state index contributed by atoms with van der Waals surface area (Å²) < 4.78 is 0. The molecule has 16 heavy (non-hydrogen) atoms. The summed E-state index contributed by atoms with van der Waals surface area (Å²) in [6.07, 6.45) is -1.99. The smallest absolute Gasteiger partial charge is 0.332 e. The van der Waals surface area contributed by atoms with Gasteiger partial charge in [-0.2, -0.15) is 0 Å². The predicted molar refractivity (Wildman–Crippen MR) is 58.7 cm³/mol. The maximum atomic E-state index is 9.68. The van der Waals surface area contributed by atoms with Crippen molar-refractivity contribution in [1.29, 1.82) is 0 Å². The molecule has 0 saturated heterocycles. The maximum Gasteiger partial charge on any atom is 0.332 e. The van der Waals surface area contributed by atoms with E-state index in [4.69, 9.17) is 15.3 Å². The summed E-state index contributed by atoms with van der Waals surface area (Å²) in [6.45, 7) is 3.18. The molecule has 6 nitrogen and oxygen atoms in total. The lowest BCUT2D eigenvalue weighted by molar-refractivity contribution is -0.315. The Labute approximate surface area is 96.5 Å². The van der Waals surface area contributed by atoms with E-state index in [-0.39, 0.29) is 27.7 Å². The lowest BCUT2D eigenvalue weighted by Crippen LogP contribution is -2.34. The zero-order valence-corrected chi connectivity index (χ0v) is 8.14. The van der Waals surface area contributed by atoms with E-state index in [9.17, 15) is 14.7 Å². The van der Waals surface area contributed by atoms with Crippen LogP contribution < -0.4 is 5.11 Å². The van der Waals surface area contributed by atoms with E-state index in [1.54, 1.807) is 13.8 Å². The first-order chi connectivity index (χ1) is 6.36. The van der Waals surface area contributed by atoms with Crippen LogP contribution in [0.4, 0.5) is 0 Å². The van der Waals surface area contributed by atoms with Crippen molar-refractivity contribution in [3.05, 3.63) is 0 Å². The Morgan fingerprint density at radius 1 is 1.06 bits per heavy atom. The zero-order valence-electron chi connectivity index (χ0n) is 8.14. The van der Waals surface area contributed by atoms with E-state index in [1.807, 2.05) is 0 Å². The van der Waals surface area contributed by atoms with Crippen LogP contribution in [0.15, 0.2) is 0 Å². The summed E-state index contributed by atoms with van der Waals surface area (Å²) in [6, 6.07) is 0. The van der Waals surface area contributed by atoms with Gasteiger partial charge in [0.25, 0.3) is 0 Å². The summed E-state index contributed by atoms with van der Waals surface area (Å²) >= 11 is 0. The first-order valence-corrected chi connectivity index (χ1v) is 4.16. The highest BCUT2D eigenvalue weighted by molar-refractivity contribution is 5.71. The van der Waals surface area contributed by atoms with Crippen molar-refractivity contribution in [2.24, 2.45) is 0 Å². The van der Waals surface area contributed by atoms with Crippen LogP contribution >= 0.6 is 0 Å². The molecule has 0 unspecified atom stereocenters. The normalized spacial score (nSPS) is 11.8. The van der Waals surface area contributed by atoms with E-state index in [1.165, 1.54) is 0 Å². The van der Waals surface area contributed by atoms with E-state index in [0.717, 1.165) is 0 Å². The van der Waals surface area contributed by atoms with Crippen LogP contribution in [0.1, 0.15) is 41.5 Å². The molecule has 0 heterocycles. The number of aliphatic carboxylic acids is 2. The van der Waals surface area contributed by atoms with Crippen LogP contribution in [0.25, 0.3) is 0 Å². The third kappa shape index (κ3) is 15.3. The number of aliphatic hydroxyl groups is 2. The van der Waals surface area contributed by atoms with Crippen molar-refractivity contribution in [2.75, 3.05) is 0 Å². The zero-order chi connectivity index (χ0) is 11.7. The molecule has 0 aliphatic carbocycles. The van der Waals surface area contributed by atoms with E-state index >= 15 is 0 Å². The molecule has 0 bridgehead atoms. The maximum absolute atomic E-state index is 9.68. The molecule has 0 aromatic rings. The molecule has 3 N–H and O–H groups in total. The molecule has 2 atom stereocenters. The first-order valence-electron chi connectivity index (χ1n) is 4.16. The van der Waals surface area contributed by atoms with Crippen LogP contribution in [0.2, 0.25) is 0 Å². The van der Waals surface area contributed by atoms with Crippen LogP contribution in [0, 0.1) is 0 Å². The Balaban J connectivity index is -0.0000000800. The van der Waals surface area contributed by atoms with Gasteiger partial charge in [-0.15, -0.1) is 0 Å². The molecule has 6 heteroatoms. The van der Waals surface area contributed by atoms with Gasteiger partial charge in [0.15, 0.2) is 6.10 Å². The highest BCUT2D eigenvalue weighted by Gasteiger charge is 2.07.